The number of rotatable bonds is 6. The van der Waals surface area contributed by atoms with E-state index in [0.29, 0.717) is 11.8 Å². The first-order valence-electron chi connectivity index (χ1n) is 9.44. The molecule has 28 heavy (non-hydrogen) atoms. The van der Waals surface area contributed by atoms with Crippen molar-refractivity contribution in [3.05, 3.63) is 43.0 Å². The van der Waals surface area contributed by atoms with E-state index in [1.807, 2.05) is 28.8 Å². The van der Waals surface area contributed by atoms with E-state index in [1.54, 1.807) is 25.8 Å². The van der Waals surface area contributed by atoms with Crippen LogP contribution in [-0.2, 0) is 11.3 Å². The second kappa shape index (κ2) is 8.24. The van der Waals surface area contributed by atoms with Gasteiger partial charge in [-0.05, 0) is 37.8 Å². The highest BCUT2D eigenvalue weighted by Gasteiger charge is 2.25. The molecule has 1 aromatic carbocycles. The highest BCUT2D eigenvalue weighted by atomic mass is 16.5. The number of imidazole rings is 1. The number of nitrogens with one attached hydrogen (secondary N) is 1. The molecule has 2 heterocycles. The maximum absolute atomic E-state index is 12.5. The zero-order valence-corrected chi connectivity index (χ0v) is 15.7. The fourth-order valence-electron chi connectivity index (χ4n) is 3.58. The average molecular weight is 381 g/mol. The van der Waals surface area contributed by atoms with Gasteiger partial charge in [0.1, 0.15) is 12.6 Å². The van der Waals surface area contributed by atoms with Gasteiger partial charge in [-0.25, -0.2) is 15.0 Å². The van der Waals surface area contributed by atoms with Crippen molar-refractivity contribution in [3.63, 3.8) is 0 Å². The third-order valence-electron chi connectivity index (χ3n) is 4.99. The van der Waals surface area contributed by atoms with Crippen molar-refractivity contribution in [1.82, 2.24) is 24.8 Å². The van der Waals surface area contributed by atoms with E-state index < -0.39 is 0 Å². The first-order chi connectivity index (χ1) is 13.7. The Bertz CT molecular complexity index is 950. The molecule has 3 aromatic rings. The smallest absolute Gasteiger partial charge is 0.278 e. The Labute approximate surface area is 162 Å². The van der Waals surface area contributed by atoms with Gasteiger partial charge in [-0.2, -0.15) is 0 Å². The fraction of sp³-hybridized carbons (Fsp3) is 0.400. The molecule has 2 aromatic heterocycles. The van der Waals surface area contributed by atoms with Crippen LogP contribution in [-0.4, -0.2) is 44.7 Å². The van der Waals surface area contributed by atoms with Crippen molar-refractivity contribution >= 4 is 16.9 Å². The maximum atomic E-state index is 12.5. The van der Waals surface area contributed by atoms with Gasteiger partial charge in [0.15, 0.2) is 0 Å². The molecule has 1 aliphatic carbocycles. The van der Waals surface area contributed by atoms with E-state index in [4.69, 9.17) is 9.47 Å². The average Bonchev–Trinajstić information content (AvgIpc) is 3.13. The van der Waals surface area contributed by atoms with E-state index in [9.17, 15) is 4.79 Å². The summed E-state index contributed by atoms with van der Waals surface area (Å²) in [5.41, 5.74) is 1.86. The second-order valence-electron chi connectivity index (χ2n) is 6.89. The first kappa shape index (κ1) is 18.2. The van der Waals surface area contributed by atoms with E-state index in [-0.39, 0.29) is 24.6 Å². The number of ether oxygens (including phenoxy) is 2. The monoisotopic (exact) mass is 381 g/mol. The number of nitrogens with zero attached hydrogens (tertiary/aromatic N) is 4. The van der Waals surface area contributed by atoms with Crippen LogP contribution in [0.5, 0.6) is 11.8 Å². The Hall–Kier alpha value is -3.16. The number of methoxy groups -OCH3 is 1. The van der Waals surface area contributed by atoms with Crippen LogP contribution in [0.4, 0.5) is 0 Å². The molecule has 0 atom stereocenters. The van der Waals surface area contributed by atoms with Crippen LogP contribution in [0, 0.1) is 0 Å². The van der Waals surface area contributed by atoms with Gasteiger partial charge in [0.25, 0.3) is 11.8 Å². The molecule has 1 fully saturated rings. The van der Waals surface area contributed by atoms with Crippen molar-refractivity contribution in [1.29, 1.82) is 0 Å². The molecule has 0 aliphatic heterocycles. The summed E-state index contributed by atoms with van der Waals surface area (Å²) < 4.78 is 13.0. The van der Waals surface area contributed by atoms with E-state index in [2.05, 4.69) is 20.3 Å². The van der Waals surface area contributed by atoms with E-state index in [0.717, 1.165) is 36.7 Å². The number of amides is 1. The molecule has 8 nitrogen and oxygen atoms in total. The number of hydrogen-bond acceptors (Lipinski definition) is 6. The van der Waals surface area contributed by atoms with Crippen molar-refractivity contribution in [3.8, 4) is 11.8 Å². The van der Waals surface area contributed by atoms with Crippen LogP contribution in [0.2, 0.25) is 0 Å². The van der Waals surface area contributed by atoms with Crippen molar-refractivity contribution in [2.24, 2.45) is 0 Å². The lowest BCUT2D eigenvalue weighted by atomic mass is 9.93. The van der Waals surface area contributed by atoms with Crippen LogP contribution < -0.4 is 14.8 Å². The molecular weight excluding hydrogens is 358 g/mol. The Morgan fingerprint density at radius 1 is 1.11 bits per heavy atom. The summed E-state index contributed by atoms with van der Waals surface area (Å²) in [6.07, 6.45) is 8.34. The molecule has 4 rings (SSSR count). The van der Waals surface area contributed by atoms with Crippen LogP contribution in [0.25, 0.3) is 11.0 Å². The molecule has 0 saturated heterocycles. The third-order valence-corrected chi connectivity index (χ3v) is 4.99. The number of fused-ring (bicyclic) bond motifs is 1. The SMILES string of the molecule is COc1nccnc1OC1CCC(NC(=O)Cn2cnc3ccccc32)CC1. The Balaban J connectivity index is 1.28. The minimum absolute atomic E-state index is 0.00289. The minimum atomic E-state index is 0.00289. The molecular formula is C20H23N5O3. The highest BCUT2D eigenvalue weighted by molar-refractivity contribution is 5.80. The summed E-state index contributed by atoms with van der Waals surface area (Å²) >= 11 is 0. The first-order valence-corrected chi connectivity index (χ1v) is 9.44. The summed E-state index contributed by atoms with van der Waals surface area (Å²) in [5, 5.41) is 3.13. The number of para-hydroxylation sites is 2. The highest BCUT2D eigenvalue weighted by Crippen LogP contribution is 2.27. The van der Waals surface area contributed by atoms with Crippen molar-refractivity contribution < 1.29 is 14.3 Å². The number of carbonyl (C=O) groups excluding carboxylic acids is 1. The second-order valence-corrected chi connectivity index (χ2v) is 6.89. The summed E-state index contributed by atoms with van der Waals surface area (Å²) in [7, 11) is 1.55. The van der Waals surface area contributed by atoms with Gasteiger partial charge in [0, 0.05) is 18.4 Å². The van der Waals surface area contributed by atoms with Gasteiger partial charge < -0.3 is 19.4 Å². The van der Waals surface area contributed by atoms with E-state index >= 15 is 0 Å². The van der Waals surface area contributed by atoms with Gasteiger partial charge in [0.2, 0.25) is 5.91 Å². The number of aromatic nitrogens is 4. The third kappa shape index (κ3) is 4.05. The molecule has 1 saturated carbocycles. The van der Waals surface area contributed by atoms with Gasteiger partial charge >= 0.3 is 0 Å². The van der Waals surface area contributed by atoms with Gasteiger partial charge in [-0.1, -0.05) is 12.1 Å². The molecule has 0 spiro atoms. The molecule has 8 heteroatoms. The Morgan fingerprint density at radius 3 is 2.64 bits per heavy atom. The quantitative estimate of drug-likeness (QED) is 0.705. The van der Waals surface area contributed by atoms with E-state index in [1.165, 1.54) is 0 Å². The number of carbonyl (C=O) groups is 1. The molecule has 146 valence electrons. The largest absolute Gasteiger partial charge is 0.477 e. The molecule has 1 aliphatic rings. The van der Waals surface area contributed by atoms with Crippen LogP contribution in [0.3, 0.4) is 0 Å². The van der Waals surface area contributed by atoms with Crippen LogP contribution in [0.1, 0.15) is 25.7 Å². The summed E-state index contributed by atoms with van der Waals surface area (Å²) in [6.45, 7) is 0.272. The summed E-state index contributed by atoms with van der Waals surface area (Å²) in [5.74, 6) is 0.818. The predicted octanol–water partition coefficient (Wildman–Crippen LogP) is 2.34. The zero-order valence-electron chi connectivity index (χ0n) is 15.7. The Kier molecular flexibility index (Phi) is 5.36. The fourth-order valence-corrected chi connectivity index (χ4v) is 3.58. The minimum Gasteiger partial charge on any atom is -0.477 e. The maximum Gasteiger partial charge on any atom is 0.278 e. The molecule has 0 bridgehead atoms. The van der Waals surface area contributed by atoms with Crippen molar-refractivity contribution in [2.75, 3.05) is 7.11 Å². The molecule has 1 N–H and O–H groups in total. The van der Waals surface area contributed by atoms with Gasteiger partial charge in [-0.3, -0.25) is 4.79 Å². The molecule has 0 unspecified atom stereocenters. The van der Waals surface area contributed by atoms with Gasteiger partial charge in [-0.15, -0.1) is 0 Å². The van der Waals surface area contributed by atoms with Gasteiger partial charge in [0.05, 0.1) is 24.5 Å². The summed E-state index contributed by atoms with van der Waals surface area (Å²) in [4.78, 5) is 25.1. The standard InChI is InChI=1S/C20H23N5O3/c1-27-19-20(22-11-10-21-19)28-15-8-6-14(7-9-15)24-18(26)12-25-13-23-16-4-2-3-5-17(16)25/h2-5,10-11,13-15H,6-9,12H2,1H3,(H,24,26). The van der Waals surface area contributed by atoms with Crippen LogP contribution in [0.15, 0.2) is 43.0 Å². The Morgan fingerprint density at radius 2 is 1.86 bits per heavy atom. The molecule has 1 amide bonds. The number of hydrogen-bond donors (Lipinski definition) is 1. The zero-order chi connectivity index (χ0) is 19.3. The normalized spacial score (nSPS) is 19.3. The van der Waals surface area contributed by atoms with Crippen molar-refractivity contribution in [2.45, 2.75) is 44.4 Å². The lowest BCUT2D eigenvalue weighted by Gasteiger charge is -2.29. The molecule has 0 radical (unpaired) electrons. The van der Waals surface area contributed by atoms with Crippen LogP contribution >= 0.6 is 0 Å². The summed E-state index contributed by atoms with van der Waals surface area (Å²) in [6, 6.07) is 7.96. The lowest BCUT2D eigenvalue weighted by molar-refractivity contribution is -0.122. The number of benzene rings is 1. The predicted molar refractivity (Wildman–Crippen MR) is 103 cm³/mol. The lowest BCUT2D eigenvalue weighted by Crippen LogP contribution is -2.41. The topological polar surface area (TPSA) is 91.2 Å².